The van der Waals surface area contributed by atoms with Crippen molar-refractivity contribution in [3.63, 3.8) is 0 Å². The highest BCUT2D eigenvalue weighted by atomic mass is 19.1. The SMILES string of the molecule is Cc1ccccc1OCCN1C(=O)CCc2c(C)nc(CN(C)Cc3ccc(F)cc3)nc21. The first kappa shape index (κ1) is 22.9. The Hall–Kier alpha value is -3.32. The minimum absolute atomic E-state index is 0.0552. The standard InChI is InChI=1S/C26H29FN4O2/c1-18-6-4-5-7-23(18)33-15-14-31-25(32)13-12-22-19(2)28-24(29-26(22)31)17-30(3)16-20-8-10-21(27)11-9-20/h4-11H,12-17H2,1-3H3. The minimum atomic E-state index is -0.244. The Morgan fingerprint density at radius 3 is 2.55 bits per heavy atom. The molecule has 0 spiro atoms. The van der Waals surface area contributed by atoms with Crippen molar-refractivity contribution in [1.29, 1.82) is 0 Å². The number of nitrogens with zero attached hydrogens (tertiary/aromatic N) is 4. The summed E-state index contributed by atoms with van der Waals surface area (Å²) in [5.41, 5.74) is 4.00. The van der Waals surface area contributed by atoms with Crippen LogP contribution in [0.3, 0.4) is 0 Å². The summed E-state index contributed by atoms with van der Waals surface area (Å²) in [4.78, 5) is 26.0. The second-order valence-corrected chi connectivity index (χ2v) is 8.49. The fourth-order valence-electron chi connectivity index (χ4n) is 4.10. The highest BCUT2D eigenvalue weighted by molar-refractivity contribution is 5.95. The number of hydrogen-bond acceptors (Lipinski definition) is 5. The third-order valence-electron chi connectivity index (χ3n) is 5.83. The molecule has 4 rings (SSSR count). The van der Waals surface area contributed by atoms with Gasteiger partial charge in [0, 0.05) is 24.2 Å². The lowest BCUT2D eigenvalue weighted by Gasteiger charge is -2.29. The molecule has 1 aromatic heterocycles. The van der Waals surface area contributed by atoms with E-state index in [1.54, 1.807) is 17.0 Å². The summed E-state index contributed by atoms with van der Waals surface area (Å²) in [7, 11) is 1.97. The number of carbonyl (C=O) groups is 1. The molecule has 0 saturated carbocycles. The molecule has 0 aliphatic carbocycles. The molecule has 0 N–H and O–H groups in total. The number of para-hydroxylation sites is 1. The molecule has 2 aromatic carbocycles. The van der Waals surface area contributed by atoms with Crippen LogP contribution in [0.4, 0.5) is 10.2 Å². The van der Waals surface area contributed by atoms with Crippen LogP contribution >= 0.6 is 0 Å². The summed E-state index contributed by atoms with van der Waals surface area (Å²) >= 11 is 0. The molecule has 0 radical (unpaired) electrons. The van der Waals surface area contributed by atoms with Gasteiger partial charge in [-0.2, -0.15) is 0 Å². The third-order valence-corrected chi connectivity index (χ3v) is 5.83. The smallest absolute Gasteiger partial charge is 0.228 e. The monoisotopic (exact) mass is 448 g/mol. The van der Waals surface area contributed by atoms with Crippen LogP contribution in [0.15, 0.2) is 48.5 Å². The Balaban J connectivity index is 1.47. The first-order valence-corrected chi connectivity index (χ1v) is 11.2. The average Bonchev–Trinajstić information content (AvgIpc) is 2.78. The van der Waals surface area contributed by atoms with Gasteiger partial charge in [-0.05, 0) is 56.6 Å². The third kappa shape index (κ3) is 5.54. The molecule has 0 unspecified atom stereocenters. The quantitative estimate of drug-likeness (QED) is 0.516. The Kier molecular flexibility index (Phi) is 6.99. The van der Waals surface area contributed by atoms with Crippen LogP contribution in [0.5, 0.6) is 5.75 Å². The van der Waals surface area contributed by atoms with E-state index in [9.17, 15) is 9.18 Å². The van der Waals surface area contributed by atoms with Gasteiger partial charge in [0.1, 0.15) is 29.8 Å². The van der Waals surface area contributed by atoms with Crippen molar-refractivity contribution in [1.82, 2.24) is 14.9 Å². The molecular weight excluding hydrogens is 419 g/mol. The number of aryl methyl sites for hydroxylation is 2. The zero-order valence-corrected chi connectivity index (χ0v) is 19.3. The lowest BCUT2D eigenvalue weighted by Crippen LogP contribution is -2.39. The predicted molar refractivity (Wildman–Crippen MR) is 126 cm³/mol. The number of ether oxygens (including phenoxy) is 1. The van der Waals surface area contributed by atoms with Gasteiger partial charge in [0.15, 0.2) is 0 Å². The number of anilines is 1. The van der Waals surface area contributed by atoms with Gasteiger partial charge in [0.2, 0.25) is 5.91 Å². The first-order valence-electron chi connectivity index (χ1n) is 11.2. The molecule has 0 saturated heterocycles. The van der Waals surface area contributed by atoms with E-state index >= 15 is 0 Å². The Bertz CT molecular complexity index is 1130. The molecule has 6 nitrogen and oxygen atoms in total. The molecular formula is C26H29FN4O2. The summed E-state index contributed by atoms with van der Waals surface area (Å²) in [6, 6.07) is 14.3. The van der Waals surface area contributed by atoms with Crippen LogP contribution in [-0.4, -0.2) is 41.0 Å². The molecule has 3 aromatic rings. The molecule has 33 heavy (non-hydrogen) atoms. The molecule has 7 heteroatoms. The summed E-state index contributed by atoms with van der Waals surface area (Å²) in [6.07, 6.45) is 1.10. The normalized spacial score (nSPS) is 13.4. The van der Waals surface area contributed by atoms with Gasteiger partial charge in [-0.1, -0.05) is 30.3 Å². The lowest BCUT2D eigenvalue weighted by atomic mass is 10.0. The summed E-state index contributed by atoms with van der Waals surface area (Å²) in [6.45, 7) is 5.96. The number of carbonyl (C=O) groups excluding carboxylic acids is 1. The van der Waals surface area contributed by atoms with Crippen molar-refractivity contribution >= 4 is 11.7 Å². The molecule has 1 aliphatic rings. The number of hydrogen-bond donors (Lipinski definition) is 0. The predicted octanol–water partition coefficient (Wildman–Crippen LogP) is 4.22. The zero-order chi connectivity index (χ0) is 23.4. The van der Waals surface area contributed by atoms with Gasteiger partial charge < -0.3 is 4.74 Å². The van der Waals surface area contributed by atoms with Crippen LogP contribution < -0.4 is 9.64 Å². The van der Waals surface area contributed by atoms with Crippen molar-refractivity contribution in [2.75, 3.05) is 25.1 Å². The maximum absolute atomic E-state index is 13.2. The molecule has 0 bridgehead atoms. The van der Waals surface area contributed by atoms with Crippen molar-refractivity contribution in [2.24, 2.45) is 0 Å². The van der Waals surface area contributed by atoms with E-state index in [0.717, 1.165) is 28.1 Å². The number of aromatic nitrogens is 2. The molecule has 0 fully saturated rings. The topological polar surface area (TPSA) is 58.6 Å². The van der Waals surface area contributed by atoms with Crippen molar-refractivity contribution in [3.8, 4) is 5.75 Å². The van der Waals surface area contributed by atoms with E-state index in [-0.39, 0.29) is 11.7 Å². The number of fused-ring (bicyclic) bond motifs is 1. The Morgan fingerprint density at radius 1 is 1.03 bits per heavy atom. The summed E-state index contributed by atoms with van der Waals surface area (Å²) in [5, 5.41) is 0. The van der Waals surface area contributed by atoms with E-state index in [2.05, 4.69) is 4.90 Å². The second-order valence-electron chi connectivity index (χ2n) is 8.49. The van der Waals surface area contributed by atoms with Crippen molar-refractivity contribution < 1.29 is 13.9 Å². The fourth-order valence-corrected chi connectivity index (χ4v) is 4.10. The van der Waals surface area contributed by atoms with Gasteiger partial charge >= 0.3 is 0 Å². The van der Waals surface area contributed by atoms with E-state index in [4.69, 9.17) is 14.7 Å². The molecule has 2 heterocycles. The van der Waals surface area contributed by atoms with Gasteiger partial charge in [0.05, 0.1) is 13.1 Å². The van der Waals surface area contributed by atoms with Crippen molar-refractivity contribution in [2.45, 2.75) is 39.8 Å². The van der Waals surface area contributed by atoms with Crippen LogP contribution in [-0.2, 0) is 24.3 Å². The molecule has 1 aliphatic heterocycles. The van der Waals surface area contributed by atoms with Gasteiger partial charge in [0.25, 0.3) is 0 Å². The van der Waals surface area contributed by atoms with E-state index < -0.39 is 0 Å². The van der Waals surface area contributed by atoms with Crippen LogP contribution in [0, 0.1) is 19.7 Å². The summed E-state index contributed by atoms with van der Waals surface area (Å²) in [5.74, 6) is 1.99. The van der Waals surface area contributed by atoms with Crippen LogP contribution in [0.2, 0.25) is 0 Å². The van der Waals surface area contributed by atoms with E-state index in [1.165, 1.54) is 12.1 Å². The number of halogens is 1. The summed E-state index contributed by atoms with van der Waals surface area (Å²) < 4.78 is 19.1. The first-order chi connectivity index (χ1) is 15.9. The zero-order valence-electron chi connectivity index (χ0n) is 19.3. The second kappa shape index (κ2) is 10.1. The fraction of sp³-hybridized carbons (Fsp3) is 0.346. The molecule has 1 amide bonds. The maximum Gasteiger partial charge on any atom is 0.228 e. The van der Waals surface area contributed by atoms with Gasteiger partial charge in [-0.3, -0.25) is 14.6 Å². The van der Waals surface area contributed by atoms with Crippen LogP contribution in [0.1, 0.15) is 34.6 Å². The highest BCUT2D eigenvalue weighted by Crippen LogP contribution is 2.28. The number of rotatable bonds is 8. The molecule has 172 valence electrons. The van der Waals surface area contributed by atoms with E-state index in [1.807, 2.05) is 45.2 Å². The maximum atomic E-state index is 13.2. The Morgan fingerprint density at radius 2 is 1.79 bits per heavy atom. The van der Waals surface area contributed by atoms with E-state index in [0.29, 0.717) is 50.7 Å². The minimum Gasteiger partial charge on any atom is -0.491 e. The number of benzene rings is 2. The lowest BCUT2D eigenvalue weighted by molar-refractivity contribution is -0.119. The van der Waals surface area contributed by atoms with Crippen LogP contribution in [0.25, 0.3) is 0 Å². The number of amides is 1. The average molecular weight is 449 g/mol. The highest BCUT2D eigenvalue weighted by Gasteiger charge is 2.28. The van der Waals surface area contributed by atoms with Gasteiger partial charge in [-0.15, -0.1) is 0 Å². The molecule has 0 atom stereocenters. The largest absolute Gasteiger partial charge is 0.491 e. The van der Waals surface area contributed by atoms with Gasteiger partial charge in [-0.25, -0.2) is 14.4 Å². The van der Waals surface area contributed by atoms with Crippen molar-refractivity contribution in [3.05, 3.63) is 82.6 Å². The Labute approximate surface area is 194 Å².